The van der Waals surface area contributed by atoms with Crippen LogP contribution in [-0.2, 0) is 4.79 Å². The minimum atomic E-state index is -0.101. The molecule has 1 aromatic heterocycles. The number of carbonyl (C=O) groups excluding carboxylic acids is 1. The fourth-order valence-electron chi connectivity index (χ4n) is 4.68. The van der Waals surface area contributed by atoms with E-state index in [0.29, 0.717) is 25.0 Å². The summed E-state index contributed by atoms with van der Waals surface area (Å²) in [6.07, 6.45) is 6.90. The molecule has 2 aromatic rings. The Morgan fingerprint density at radius 2 is 1.85 bits per heavy atom. The van der Waals surface area contributed by atoms with Gasteiger partial charge in [-0.1, -0.05) is 31.7 Å². The second-order valence-corrected chi connectivity index (χ2v) is 10.7. The Kier molecular flexibility index (Phi) is 7.18. The maximum absolute atomic E-state index is 13.0. The van der Waals surface area contributed by atoms with Crippen molar-refractivity contribution in [3.05, 3.63) is 23.8 Å². The molecule has 0 bridgehead atoms. The van der Waals surface area contributed by atoms with Gasteiger partial charge < -0.3 is 19.7 Å². The third-order valence-electron chi connectivity index (χ3n) is 6.64. The molecular formula is C25H35N5O3S. The Bertz CT molecular complexity index is 1000. The number of benzene rings is 1. The van der Waals surface area contributed by atoms with Gasteiger partial charge in [0, 0.05) is 25.6 Å². The summed E-state index contributed by atoms with van der Waals surface area (Å²) in [5, 5.41) is 13.1. The summed E-state index contributed by atoms with van der Waals surface area (Å²) in [6.45, 7) is 7.64. The monoisotopic (exact) mass is 485 g/mol. The predicted octanol–water partition coefficient (Wildman–Crippen LogP) is 4.37. The van der Waals surface area contributed by atoms with Crippen molar-refractivity contribution < 1.29 is 14.3 Å². The van der Waals surface area contributed by atoms with Gasteiger partial charge in [0.2, 0.25) is 11.9 Å². The zero-order valence-corrected chi connectivity index (χ0v) is 21.0. The minimum absolute atomic E-state index is 0.000630. The number of fused-ring (bicyclic) bond motifs is 1. The van der Waals surface area contributed by atoms with Gasteiger partial charge in [-0.15, -0.1) is 10.2 Å². The van der Waals surface area contributed by atoms with Gasteiger partial charge in [0.05, 0.1) is 25.0 Å². The van der Waals surface area contributed by atoms with Gasteiger partial charge >= 0.3 is 0 Å². The Morgan fingerprint density at radius 3 is 2.59 bits per heavy atom. The number of nitrogens with zero attached hydrogens (tertiary/aromatic N) is 4. The number of hydrogen-bond acceptors (Lipinski definition) is 7. The number of anilines is 1. The molecule has 184 valence electrons. The fraction of sp³-hybridized carbons (Fsp3) is 0.640. The molecule has 34 heavy (non-hydrogen) atoms. The third-order valence-corrected chi connectivity index (χ3v) is 7.59. The second-order valence-electron chi connectivity index (χ2n) is 9.77. The topological polar surface area (TPSA) is 81.5 Å². The number of carbonyl (C=O) groups is 1. The van der Waals surface area contributed by atoms with Gasteiger partial charge in [0.1, 0.15) is 0 Å². The second kappa shape index (κ2) is 10.5. The number of ether oxygens (including phenoxy) is 2. The molecule has 1 atom stereocenters. The van der Waals surface area contributed by atoms with Crippen LogP contribution in [0.4, 0.5) is 5.95 Å². The molecule has 1 amide bonds. The molecule has 1 aromatic carbocycles. The van der Waals surface area contributed by atoms with Gasteiger partial charge in [0.15, 0.2) is 16.7 Å². The summed E-state index contributed by atoms with van der Waals surface area (Å²) in [5.41, 5.74) is 1.03. The first-order valence-electron chi connectivity index (χ1n) is 12.6. The number of rotatable bonds is 8. The number of nitrogens with one attached hydrogen (secondary N) is 1. The molecular weight excluding hydrogens is 450 g/mol. The lowest BCUT2D eigenvalue weighted by atomic mass is 9.95. The van der Waals surface area contributed by atoms with Crippen LogP contribution in [0.5, 0.6) is 11.5 Å². The lowest BCUT2D eigenvalue weighted by Gasteiger charge is -2.27. The van der Waals surface area contributed by atoms with Crippen LogP contribution in [0, 0.1) is 5.92 Å². The Hall–Kier alpha value is -2.42. The molecule has 1 aliphatic carbocycles. The van der Waals surface area contributed by atoms with E-state index >= 15 is 0 Å². The maximum atomic E-state index is 13.0. The molecule has 9 heteroatoms. The minimum Gasteiger partial charge on any atom is -0.490 e. The average Bonchev–Trinajstić information content (AvgIpc) is 3.64. The lowest BCUT2D eigenvalue weighted by molar-refractivity contribution is -0.119. The van der Waals surface area contributed by atoms with Crippen LogP contribution in [-0.4, -0.2) is 52.7 Å². The normalized spacial score (nSPS) is 19.1. The van der Waals surface area contributed by atoms with E-state index in [1.807, 2.05) is 18.2 Å². The number of hydrogen-bond donors (Lipinski definition) is 1. The van der Waals surface area contributed by atoms with Crippen molar-refractivity contribution >= 4 is 23.6 Å². The molecule has 2 aliphatic heterocycles. The van der Waals surface area contributed by atoms with Crippen molar-refractivity contribution in [2.75, 3.05) is 37.0 Å². The van der Waals surface area contributed by atoms with Crippen LogP contribution < -0.4 is 19.7 Å². The number of aromatic nitrogens is 3. The largest absolute Gasteiger partial charge is 0.490 e. The summed E-state index contributed by atoms with van der Waals surface area (Å²) in [7, 11) is 0. The van der Waals surface area contributed by atoms with E-state index in [1.165, 1.54) is 31.0 Å². The van der Waals surface area contributed by atoms with Gasteiger partial charge in [0.25, 0.3) is 0 Å². The summed E-state index contributed by atoms with van der Waals surface area (Å²) in [6, 6.07) is 6.36. The Morgan fingerprint density at radius 1 is 1.09 bits per heavy atom. The van der Waals surface area contributed by atoms with Crippen molar-refractivity contribution in [1.82, 2.24) is 20.1 Å². The zero-order valence-electron chi connectivity index (χ0n) is 20.2. The van der Waals surface area contributed by atoms with E-state index in [0.717, 1.165) is 60.5 Å². The van der Waals surface area contributed by atoms with Crippen LogP contribution in [0.1, 0.15) is 70.0 Å². The van der Waals surface area contributed by atoms with E-state index in [-0.39, 0.29) is 17.9 Å². The quantitative estimate of drug-likeness (QED) is 0.556. The number of piperidine rings is 1. The molecule has 1 unspecified atom stereocenters. The van der Waals surface area contributed by atoms with E-state index in [2.05, 4.69) is 38.8 Å². The van der Waals surface area contributed by atoms with Crippen LogP contribution in [0.15, 0.2) is 23.4 Å². The van der Waals surface area contributed by atoms with Gasteiger partial charge in [-0.2, -0.15) is 0 Å². The van der Waals surface area contributed by atoms with Crippen molar-refractivity contribution in [1.29, 1.82) is 0 Å². The molecule has 5 rings (SSSR count). The van der Waals surface area contributed by atoms with Crippen molar-refractivity contribution in [3.63, 3.8) is 0 Å². The number of thioether (sulfide) groups is 1. The standard InChI is InChI=1S/C25H35N5O3S/c1-17(2)23(18-7-10-20-21(15-18)33-14-6-13-32-20)26-22(31)16-34-25-28-27-24(30(25)19-8-9-19)29-11-4-3-5-12-29/h7,10,15,17,19,23H,3-6,8-9,11-14,16H2,1-2H3,(H,26,31). The molecule has 1 saturated carbocycles. The van der Waals surface area contributed by atoms with E-state index in [9.17, 15) is 4.79 Å². The Balaban J connectivity index is 1.25. The summed E-state index contributed by atoms with van der Waals surface area (Å²) in [4.78, 5) is 15.4. The number of amides is 1. The summed E-state index contributed by atoms with van der Waals surface area (Å²) in [5.74, 6) is 3.07. The van der Waals surface area contributed by atoms with E-state index in [4.69, 9.17) is 9.47 Å². The highest BCUT2D eigenvalue weighted by Crippen LogP contribution is 2.41. The molecule has 3 heterocycles. The SMILES string of the molecule is CC(C)C(NC(=O)CSc1nnc(N2CCCCC2)n1C1CC1)c1ccc2c(c1)OCCCO2. The smallest absolute Gasteiger partial charge is 0.230 e. The van der Waals surface area contributed by atoms with E-state index in [1.54, 1.807) is 0 Å². The molecule has 0 spiro atoms. The zero-order chi connectivity index (χ0) is 23.5. The van der Waals surface area contributed by atoms with Crippen LogP contribution in [0.3, 0.4) is 0 Å². The van der Waals surface area contributed by atoms with Gasteiger partial charge in [-0.3, -0.25) is 9.36 Å². The first-order valence-corrected chi connectivity index (χ1v) is 13.6. The Labute approximate surface area is 205 Å². The predicted molar refractivity (Wildman–Crippen MR) is 133 cm³/mol. The summed E-state index contributed by atoms with van der Waals surface area (Å²) >= 11 is 1.49. The first-order chi connectivity index (χ1) is 16.6. The highest BCUT2D eigenvalue weighted by Gasteiger charge is 2.32. The highest BCUT2D eigenvalue weighted by molar-refractivity contribution is 7.99. The van der Waals surface area contributed by atoms with Crippen molar-refractivity contribution in [2.45, 2.75) is 69.6 Å². The van der Waals surface area contributed by atoms with E-state index < -0.39 is 0 Å². The molecule has 2 fully saturated rings. The third kappa shape index (κ3) is 5.29. The molecule has 1 N–H and O–H groups in total. The van der Waals surface area contributed by atoms with Crippen molar-refractivity contribution in [2.24, 2.45) is 5.92 Å². The first kappa shape index (κ1) is 23.3. The molecule has 1 saturated heterocycles. The summed E-state index contributed by atoms with van der Waals surface area (Å²) < 4.78 is 13.9. The van der Waals surface area contributed by atoms with Crippen LogP contribution in [0.25, 0.3) is 0 Å². The van der Waals surface area contributed by atoms with Crippen LogP contribution in [0.2, 0.25) is 0 Å². The van der Waals surface area contributed by atoms with Crippen LogP contribution >= 0.6 is 11.8 Å². The lowest BCUT2D eigenvalue weighted by Crippen LogP contribution is -2.33. The van der Waals surface area contributed by atoms with Gasteiger partial charge in [-0.05, 0) is 55.7 Å². The van der Waals surface area contributed by atoms with Crippen molar-refractivity contribution in [3.8, 4) is 11.5 Å². The molecule has 8 nitrogen and oxygen atoms in total. The fourth-order valence-corrected chi connectivity index (χ4v) is 5.49. The van der Waals surface area contributed by atoms with Gasteiger partial charge in [-0.25, -0.2) is 0 Å². The molecule has 0 radical (unpaired) electrons. The maximum Gasteiger partial charge on any atom is 0.230 e. The average molecular weight is 486 g/mol. The molecule has 3 aliphatic rings. The highest BCUT2D eigenvalue weighted by atomic mass is 32.2.